The third-order valence-corrected chi connectivity index (χ3v) is 12.2. The molecule has 4 N–H and O–H groups in total. The predicted molar refractivity (Wildman–Crippen MR) is 254 cm³/mol. The van der Waals surface area contributed by atoms with Gasteiger partial charge in [0.25, 0.3) is 0 Å². The number of unbranched alkanes of at least 4 members (excludes halogenated alkanes) is 30. The number of allylic oxidation sites excluding steroid dienone is 4. The normalized spacial score (nSPS) is 13.7. The maximum absolute atomic E-state index is 12.3. The molecule has 12 heteroatoms. The molecule has 0 aromatic rings. The first-order valence-electron chi connectivity index (χ1n) is 25.4. The Morgan fingerprint density at radius 3 is 1.23 bits per heavy atom. The lowest BCUT2D eigenvalue weighted by Gasteiger charge is -2.18. The third kappa shape index (κ3) is 44.6. The van der Waals surface area contributed by atoms with Crippen LogP contribution < -0.4 is 5.32 Å². The molecule has 0 rings (SSSR count). The van der Waals surface area contributed by atoms with Gasteiger partial charge in [-0.2, -0.15) is 0 Å². The number of aliphatic hydroxyl groups excluding tert-OH is 1. The van der Waals surface area contributed by atoms with Gasteiger partial charge in [-0.3, -0.25) is 18.6 Å². The van der Waals surface area contributed by atoms with Gasteiger partial charge in [-0.15, -0.1) is 0 Å². The van der Waals surface area contributed by atoms with Crippen LogP contribution in [-0.2, 0) is 32.7 Å². The molecule has 11 nitrogen and oxygen atoms in total. The second-order valence-corrected chi connectivity index (χ2v) is 18.8. The number of hydrogen-bond donors (Lipinski definition) is 4. The number of ether oxygens (including phenoxy) is 1. The summed E-state index contributed by atoms with van der Waals surface area (Å²) >= 11 is 0. The van der Waals surface area contributed by atoms with Crippen LogP contribution in [-0.4, -0.2) is 64.9 Å². The number of hydrogen-bond acceptors (Lipinski definition) is 8. The average molecular weight is 900 g/mol. The van der Waals surface area contributed by atoms with Gasteiger partial charge >= 0.3 is 19.8 Å². The summed E-state index contributed by atoms with van der Waals surface area (Å²) < 4.78 is 26.9. The number of rotatable bonds is 48. The van der Waals surface area contributed by atoms with Crippen LogP contribution in [0.25, 0.3) is 0 Å². The molecule has 364 valence electrons. The van der Waals surface area contributed by atoms with E-state index in [1.165, 1.54) is 148 Å². The van der Waals surface area contributed by atoms with Crippen molar-refractivity contribution in [2.75, 3.05) is 19.8 Å². The van der Waals surface area contributed by atoms with Crippen LogP contribution in [0.5, 0.6) is 0 Å². The summed E-state index contributed by atoms with van der Waals surface area (Å²) in [5.41, 5.74) is 0. The van der Waals surface area contributed by atoms with Gasteiger partial charge in [-0.05, 0) is 64.2 Å². The van der Waals surface area contributed by atoms with E-state index >= 15 is 0 Å². The number of nitrogens with one attached hydrogen (secondary N) is 1. The molecular weight excluding hydrogens is 806 g/mol. The predicted octanol–water partition coefficient (Wildman–Crippen LogP) is 13.8. The lowest BCUT2D eigenvalue weighted by atomic mass is 10.0. The Bertz CT molecular complexity index is 1150. The Kier molecular flexibility index (Phi) is 44.0. The highest BCUT2D eigenvalue weighted by Crippen LogP contribution is 2.43. The first-order valence-corrected chi connectivity index (χ1v) is 26.9. The molecule has 0 aliphatic carbocycles. The number of aliphatic carboxylic acids is 1. The van der Waals surface area contributed by atoms with E-state index < -0.39 is 57.6 Å². The summed E-state index contributed by atoms with van der Waals surface area (Å²) in [7, 11) is -4.76. The fourth-order valence-corrected chi connectivity index (χ4v) is 8.02. The molecule has 0 saturated carbocycles. The van der Waals surface area contributed by atoms with Crippen LogP contribution in [0.4, 0.5) is 0 Å². The van der Waals surface area contributed by atoms with E-state index in [1.54, 1.807) is 0 Å². The summed E-state index contributed by atoms with van der Waals surface area (Å²) in [6, 6.07) is -1.55. The minimum Gasteiger partial charge on any atom is -0.480 e. The van der Waals surface area contributed by atoms with Crippen molar-refractivity contribution in [1.82, 2.24) is 5.32 Å². The molecule has 1 amide bonds. The van der Waals surface area contributed by atoms with Crippen molar-refractivity contribution in [3.05, 3.63) is 24.3 Å². The Hall–Kier alpha value is -2.04. The maximum Gasteiger partial charge on any atom is 0.472 e. The Labute approximate surface area is 379 Å². The van der Waals surface area contributed by atoms with Gasteiger partial charge in [-0.25, -0.2) is 9.36 Å². The molecule has 0 aromatic heterocycles. The fourth-order valence-electron chi connectivity index (χ4n) is 7.25. The molecule has 3 unspecified atom stereocenters. The molecule has 0 spiro atoms. The van der Waals surface area contributed by atoms with Crippen molar-refractivity contribution in [3.8, 4) is 0 Å². The topological polar surface area (TPSA) is 169 Å². The minimum atomic E-state index is -4.76. The van der Waals surface area contributed by atoms with Crippen molar-refractivity contribution in [1.29, 1.82) is 0 Å². The number of carbonyl (C=O) groups excluding carboxylic acids is 2. The molecule has 0 fully saturated rings. The number of esters is 1. The van der Waals surface area contributed by atoms with E-state index in [0.717, 1.165) is 57.8 Å². The molecule has 0 bridgehead atoms. The highest BCUT2D eigenvalue weighted by molar-refractivity contribution is 7.47. The van der Waals surface area contributed by atoms with Crippen molar-refractivity contribution >= 4 is 25.7 Å². The zero-order valence-corrected chi connectivity index (χ0v) is 40.6. The fraction of sp³-hybridized carbons (Fsp3) is 0.860. The molecule has 62 heavy (non-hydrogen) atoms. The van der Waals surface area contributed by atoms with Gasteiger partial charge in [-0.1, -0.05) is 192 Å². The quantitative estimate of drug-likeness (QED) is 0.0200. The van der Waals surface area contributed by atoms with Crippen LogP contribution in [0, 0.1) is 0 Å². The number of carbonyl (C=O) groups is 3. The second-order valence-electron chi connectivity index (χ2n) is 17.4. The second kappa shape index (κ2) is 45.5. The number of amides is 1. The van der Waals surface area contributed by atoms with E-state index in [2.05, 4.69) is 43.5 Å². The SMILES string of the molecule is CCCCCCCC/C=C\CCCCCCCC(=O)NC(COP(=O)(O)OCC(O)COC(=O)CCCCCCCCCCCCCCC/C=C/CCCCCCCC)C(=O)O. The third-order valence-electron chi connectivity index (χ3n) is 11.2. The van der Waals surface area contributed by atoms with Crippen LogP contribution in [0.15, 0.2) is 24.3 Å². The van der Waals surface area contributed by atoms with E-state index in [4.69, 9.17) is 13.8 Å². The Morgan fingerprint density at radius 1 is 0.500 bits per heavy atom. The Balaban J connectivity index is 3.79. The number of carboxylic acid groups (broad SMARTS) is 1. The van der Waals surface area contributed by atoms with E-state index in [-0.39, 0.29) is 12.8 Å². The molecule has 3 atom stereocenters. The highest BCUT2D eigenvalue weighted by Gasteiger charge is 2.28. The summed E-state index contributed by atoms with van der Waals surface area (Å²) in [4.78, 5) is 46.0. The smallest absolute Gasteiger partial charge is 0.472 e. The lowest BCUT2D eigenvalue weighted by molar-refractivity contribution is -0.147. The summed E-state index contributed by atoms with van der Waals surface area (Å²) in [6.45, 7) is 2.61. The monoisotopic (exact) mass is 900 g/mol. The van der Waals surface area contributed by atoms with Crippen LogP contribution >= 0.6 is 7.82 Å². The van der Waals surface area contributed by atoms with Crippen LogP contribution in [0.1, 0.15) is 245 Å². The molecule has 0 aliphatic rings. The minimum absolute atomic E-state index is 0.138. The van der Waals surface area contributed by atoms with Gasteiger partial charge in [0.1, 0.15) is 12.7 Å². The largest absolute Gasteiger partial charge is 0.480 e. The summed E-state index contributed by atoms with van der Waals surface area (Å²) in [5.74, 6) is -2.37. The van der Waals surface area contributed by atoms with E-state index in [9.17, 15) is 34.1 Å². The number of phosphoric acid groups is 1. The van der Waals surface area contributed by atoms with E-state index in [1.807, 2.05) is 0 Å². The average Bonchev–Trinajstić information content (AvgIpc) is 3.25. The van der Waals surface area contributed by atoms with Gasteiger partial charge in [0.15, 0.2) is 6.04 Å². The number of aliphatic hydroxyl groups is 1. The van der Waals surface area contributed by atoms with Crippen molar-refractivity contribution < 1.29 is 47.8 Å². The van der Waals surface area contributed by atoms with Crippen LogP contribution in [0.2, 0.25) is 0 Å². The van der Waals surface area contributed by atoms with Gasteiger partial charge in [0, 0.05) is 12.8 Å². The lowest BCUT2D eigenvalue weighted by Crippen LogP contribution is -2.43. The molecule has 0 radical (unpaired) electrons. The summed E-state index contributed by atoms with van der Waals surface area (Å²) in [6.07, 6.45) is 49.2. The van der Waals surface area contributed by atoms with Gasteiger partial charge in [0.2, 0.25) is 5.91 Å². The maximum atomic E-state index is 12.3. The molecule has 0 aromatic carbocycles. The van der Waals surface area contributed by atoms with Crippen molar-refractivity contribution in [3.63, 3.8) is 0 Å². The van der Waals surface area contributed by atoms with E-state index in [0.29, 0.717) is 12.8 Å². The number of carboxylic acids is 1. The first-order chi connectivity index (χ1) is 30.1. The van der Waals surface area contributed by atoms with Crippen molar-refractivity contribution in [2.24, 2.45) is 0 Å². The zero-order valence-electron chi connectivity index (χ0n) is 39.7. The van der Waals surface area contributed by atoms with Gasteiger partial charge < -0.3 is 25.2 Å². The zero-order chi connectivity index (χ0) is 45.6. The highest BCUT2D eigenvalue weighted by atomic mass is 31.2. The molecular formula is C50H94NO10P. The summed E-state index contributed by atoms with van der Waals surface area (Å²) in [5, 5.41) is 21.9. The first kappa shape index (κ1) is 60.0. The van der Waals surface area contributed by atoms with Crippen molar-refractivity contribution in [2.45, 2.75) is 257 Å². The van der Waals surface area contributed by atoms with Crippen LogP contribution in [0.3, 0.4) is 0 Å². The van der Waals surface area contributed by atoms with Gasteiger partial charge in [0.05, 0.1) is 13.2 Å². The molecule has 0 heterocycles. The number of phosphoric ester groups is 1. The standard InChI is InChI=1S/C50H94NO10P/c1-3-5-7-9-11-13-15-17-19-20-21-22-23-24-25-26-28-30-32-34-36-38-40-42-49(54)59-43-46(52)44-60-62(57,58)61-45-47(50(55)56)51-48(53)41-39-37-35-33-31-29-27-18-16-14-12-10-8-6-4-2/h17-19,27,46-47,52H,3-16,20-26,28-45H2,1-2H3,(H,51,53)(H,55,56)(H,57,58)/b19-17+,27-18-. The molecule has 0 saturated heterocycles. The Morgan fingerprint density at radius 2 is 0.839 bits per heavy atom. The molecule has 0 aliphatic heterocycles.